The predicted octanol–water partition coefficient (Wildman–Crippen LogP) is 4.82. The van der Waals surface area contributed by atoms with Gasteiger partial charge in [0.1, 0.15) is 5.82 Å². The first-order chi connectivity index (χ1) is 10.2. The molecule has 0 radical (unpaired) electrons. The van der Waals surface area contributed by atoms with Gasteiger partial charge in [-0.05, 0) is 36.6 Å². The molecule has 2 aromatic heterocycles. The molecule has 0 unspecified atom stereocenters. The molecule has 0 atom stereocenters. The van der Waals surface area contributed by atoms with E-state index in [-0.39, 0.29) is 16.6 Å². The first-order valence-corrected chi connectivity index (χ1v) is 7.76. The van der Waals surface area contributed by atoms with Crippen molar-refractivity contribution >= 4 is 0 Å². The molecule has 0 saturated heterocycles. The van der Waals surface area contributed by atoms with Crippen LogP contribution in [-0.2, 0) is 17.3 Å². The lowest BCUT2D eigenvalue weighted by atomic mass is 9.82. The van der Waals surface area contributed by atoms with Crippen LogP contribution in [0.3, 0.4) is 0 Å². The molecule has 0 aliphatic heterocycles. The Morgan fingerprint density at radius 3 is 2.23 bits per heavy atom. The largest absolute Gasteiger partial charge is 0.261 e. The minimum atomic E-state index is -0.228. The fourth-order valence-corrected chi connectivity index (χ4v) is 2.38. The predicted molar refractivity (Wildman–Crippen MR) is 88.5 cm³/mol. The second-order valence-electron chi connectivity index (χ2n) is 7.54. The Bertz CT molecular complexity index is 625. The maximum Gasteiger partial charge on any atom is 0.126 e. The van der Waals surface area contributed by atoms with E-state index in [2.05, 4.69) is 56.7 Å². The van der Waals surface area contributed by atoms with Gasteiger partial charge in [0.15, 0.2) is 0 Å². The number of pyridine rings is 2. The van der Waals surface area contributed by atoms with Crippen molar-refractivity contribution in [2.24, 2.45) is 0 Å². The van der Waals surface area contributed by atoms with Crippen LogP contribution in [0.1, 0.15) is 58.0 Å². The third-order valence-corrected chi connectivity index (χ3v) is 4.05. The van der Waals surface area contributed by atoms with Crippen molar-refractivity contribution in [3.05, 3.63) is 59.4 Å². The summed E-state index contributed by atoms with van der Waals surface area (Å²) >= 11 is 0. The van der Waals surface area contributed by atoms with Crippen LogP contribution in [0.2, 0.25) is 0 Å². The molecule has 0 aliphatic rings. The summed E-state index contributed by atoms with van der Waals surface area (Å²) in [4.78, 5) is 8.88. The molecule has 0 fully saturated rings. The Kier molecular flexibility index (Phi) is 4.64. The van der Waals surface area contributed by atoms with Crippen molar-refractivity contribution in [3.8, 4) is 0 Å². The van der Waals surface area contributed by atoms with E-state index in [9.17, 15) is 4.39 Å². The van der Waals surface area contributed by atoms with Gasteiger partial charge in [0.2, 0.25) is 0 Å². The van der Waals surface area contributed by atoms with Gasteiger partial charge in [-0.25, -0.2) is 4.39 Å². The highest BCUT2D eigenvalue weighted by atomic mass is 19.1. The number of halogens is 1. The van der Waals surface area contributed by atoms with Crippen molar-refractivity contribution in [2.75, 3.05) is 0 Å². The Morgan fingerprint density at radius 1 is 0.955 bits per heavy atom. The quantitative estimate of drug-likeness (QED) is 0.808. The van der Waals surface area contributed by atoms with E-state index in [4.69, 9.17) is 0 Å². The molecule has 0 bridgehead atoms. The summed E-state index contributed by atoms with van der Waals surface area (Å²) in [5, 5.41) is 0. The molecule has 0 N–H and O–H groups in total. The first kappa shape index (κ1) is 16.6. The summed E-state index contributed by atoms with van der Waals surface area (Å²) in [5.74, 6) is -0.228. The SMILES string of the molecule is CC(C)(C)c1ccc(CCC(C)(C)c2cc(F)ccn2)cn1. The highest BCUT2D eigenvalue weighted by Gasteiger charge is 2.22. The zero-order chi connectivity index (χ0) is 16.4. The number of nitrogens with zero attached hydrogens (tertiary/aromatic N) is 2. The summed E-state index contributed by atoms with van der Waals surface area (Å²) in [7, 11) is 0. The van der Waals surface area contributed by atoms with Crippen molar-refractivity contribution in [1.29, 1.82) is 0 Å². The average Bonchev–Trinajstić information content (AvgIpc) is 2.45. The standard InChI is InChI=1S/C19H25FN2/c1-18(2,3)16-7-6-14(13-22-16)8-10-19(4,5)17-12-15(20)9-11-21-17/h6-7,9,11-13H,8,10H2,1-5H3. The minimum Gasteiger partial charge on any atom is -0.261 e. The van der Waals surface area contributed by atoms with Crippen LogP contribution in [0, 0.1) is 5.82 Å². The van der Waals surface area contributed by atoms with Gasteiger partial charge >= 0.3 is 0 Å². The second kappa shape index (κ2) is 6.15. The molecule has 0 spiro atoms. The summed E-state index contributed by atoms with van der Waals surface area (Å²) in [6.45, 7) is 10.7. The van der Waals surface area contributed by atoms with E-state index in [0.29, 0.717) is 0 Å². The Balaban J connectivity index is 2.06. The van der Waals surface area contributed by atoms with Gasteiger partial charge < -0.3 is 0 Å². The third kappa shape index (κ3) is 4.12. The smallest absolute Gasteiger partial charge is 0.126 e. The lowest BCUT2D eigenvalue weighted by Crippen LogP contribution is -2.20. The molecule has 0 aromatic carbocycles. The van der Waals surface area contributed by atoms with E-state index in [1.54, 1.807) is 0 Å². The topological polar surface area (TPSA) is 25.8 Å². The second-order valence-corrected chi connectivity index (χ2v) is 7.54. The first-order valence-electron chi connectivity index (χ1n) is 7.76. The number of aromatic nitrogens is 2. The van der Waals surface area contributed by atoms with Gasteiger partial charge in [-0.15, -0.1) is 0 Å². The fraction of sp³-hybridized carbons (Fsp3) is 0.474. The number of aryl methyl sites for hydroxylation is 1. The molecule has 3 heteroatoms. The molecular weight excluding hydrogens is 275 g/mol. The van der Waals surface area contributed by atoms with Crippen LogP contribution < -0.4 is 0 Å². The molecule has 0 saturated carbocycles. The summed E-state index contributed by atoms with van der Waals surface area (Å²) in [6.07, 6.45) is 5.30. The highest BCUT2D eigenvalue weighted by Crippen LogP contribution is 2.28. The van der Waals surface area contributed by atoms with Gasteiger partial charge in [-0.2, -0.15) is 0 Å². The number of hydrogen-bond donors (Lipinski definition) is 0. The van der Waals surface area contributed by atoms with Crippen LogP contribution in [0.15, 0.2) is 36.7 Å². The Labute approximate surface area is 132 Å². The van der Waals surface area contributed by atoms with Crippen LogP contribution in [0.4, 0.5) is 4.39 Å². The van der Waals surface area contributed by atoms with Crippen LogP contribution in [0.25, 0.3) is 0 Å². The minimum absolute atomic E-state index is 0.0727. The van der Waals surface area contributed by atoms with Crippen molar-refractivity contribution in [2.45, 2.75) is 58.3 Å². The van der Waals surface area contributed by atoms with Gasteiger partial charge in [-0.3, -0.25) is 9.97 Å². The van der Waals surface area contributed by atoms with E-state index >= 15 is 0 Å². The van der Waals surface area contributed by atoms with Crippen molar-refractivity contribution in [3.63, 3.8) is 0 Å². The van der Waals surface area contributed by atoms with Gasteiger partial charge in [0.25, 0.3) is 0 Å². The van der Waals surface area contributed by atoms with Crippen LogP contribution in [0.5, 0.6) is 0 Å². The number of rotatable bonds is 4. The van der Waals surface area contributed by atoms with E-state index < -0.39 is 0 Å². The molecule has 2 nitrogen and oxygen atoms in total. The molecule has 118 valence electrons. The molecule has 22 heavy (non-hydrogen) atoms. The summed E-state index contributed by atoms with van der Waals surface area (Å²) in [6, 6.07) is 7.15. The van der Waals surface area contributed by atoms with Gasteiger partial charge in [0.05, 0.1) is 0 Å². The van der Waals surface area contributed by atoms with Crippen LogP contribution >= 0.6 is 0 Å². The highest BCUT2D eigenvalue weighted by molar-refractivity contribution is 5.21. The maximum atomic E-state index is 13.4. The van der Waals surface area contributed by atoms with Crippen LogP contribution in [-0.4, -0.2) is 9.97 Å². The monoisotopic (exact) mass is 300 g/mol. The average molecular weight is 300 g/mol. The molecule has 2 heterocycles. The molecule has 2 aromatic rings. The molecule has 2 rings (SSSR count). The fourth-order valence-electron chi connectivity index (χ4n) is 2.38. The third-order valence-electron chi connectivity index (χ3n) is 4.05. The van der Waals surface area contributed by atoms with E-state index in [0.717, 1.165) is 24.2 Å². The Morgan fingerprint density at radius 2 is 1.68 bits per heavy atom. The van der Waals surface area contributed by atoms with E-state index in [1.165, 1.54) is 23.9 Å². The zero-order valence-corrected chi connectivity index (χ0v) is 14.2. The van der Waals surface area contributed by atoms with Crippen molar-refractivity contribution < 1.29 is 4.39 Å². The number of hydrogen-bond acceptors (Lipinski definition) is 2. The lowest BCUT2D eigenvalue weighted by molar-refractivity contribution is 0.460. The molecule has 0 amide bonds. The Hall–Kier alpha value is -1.77. The van der Waals surface area contributed by atoms with Crippen molar-refractivity contribution in [1.82, 2.24) is 9.97 Å². The summed E-state index contributed by atoms with van der Waals surface area (Å²) in [5.41, 5.74) is 3.01. The van der Waals surface area contributed by atoms with Gasteiger partial charge in [-0.1, -0.05) is 40.7 Å². The lowest BCUT2D eigenvalue weighted by Gasteiger charge is -2.24. The van der Waals surface area contributed by atoms with E-state index in [1.807, 2.05) is 6.20 Å². The maximum absolute atomic E-state index is 13.4. The molecular formula is C19H25FN2. The van der Waals surface area contributed by atoms with Gasteiger partial charge in [0, 0.05) is 34.6 Å². The normalized spacial score (nSPS) is 12.5. The summed E-state index contributed by atoms with van der Waals surface area (Å²) < 4.78 is 13.4. The molecule has 0 aliphatic carbocycles. The zero-order valence-electron chi connectivity index (χ0n) is 14.2.